The number of nitrogens with one attached hydrogen (secondary N) is 2. The number of aliphatic hydroxyl groups is 1. The second-order valence-electron chi connectivity index (χ2n) is 4.97. The van der Waals surface area contributed by atoms with E-state index < -0.39 is 67.8 Å². The van der Waals surface area contributed by atoms with Crippen molar-refractivity contribution in [3.63, 3.8) is 0 Å². The van der Waals surface area contributed by atoms with Crippen molar-refractivity contribution in [1.82, 2.24) is 9.97 Å². The lowest BCUT2D eigenvalue weighted by Crippen LogP contribution is -2.35. The summed E-state index contributed by atoms with van der Waals surface area (Å²) < 4.78 is 64.0. The summed E-state index contributed by atoms with van der Waals surface area (Å²) in [5, 5.41) is 8.05. The average molecular weight is 402 g/mol. The number of H-pyrrole nitrogens is 2. The maximum absolute atomic E-state index is 13.2. The van der Waals surface area contributed by atoms with Gasteiger partial charge in [-0.25, -0.2) is 8.42 Å². The van der Waals surface area contributed by atoms with Gasteiger partial charge in [0.05, 0.1) is 46.7 Å². The van der Waals surface area contributed by atoms with Crippen LogP contribution >= 0.6 is 11.6 Å². The summed E-state index contributed by atoms with van der Waals surface area (Å²) in [5.41, 5.74) is -5.42. The molecule has 0 atom stereocenters. The van der Waals surface area contributed by atoms with Gasteiger partial charge < -0.3 is 15.1 Å². The molecule has 25 heavy (non-hydrogen) atoms. The van der Waals surface area contributed by atoms with Crippen LogP contribution < -0.4 is 15.4 Å². The Morgan fingerprint density at radius 3 is 2.28 bits per heavy atom. The molecule has 8 nitrogen and oxygen atoms in total. The van der Waals surface area contributed by atoms with E-state index in [1.165, 1.54) is 0 Å². The number of rotatable bonds is 4. The van der Waals surface area contributed by atoms with Gasteiger partial charge >= 0.3 is 17.3 Å². The number of aromatic nitrogens is 2. The molecule has 0 aliphatic heterocycles. The van der Waals surface area contributed by atoms with Crippen LogP contribution in [0.25, 0.3) is 11.0 Å². The number of aliphatic hydroxyl groups excluding tert-OH is 1. The average Bonchev–Trinajstić information content (AvgIpc) is 2.45. The molecule has 0 saturated carbocycles. The van der Waals surface area contributed by atoms with Crippen molar-refractivity contribution in [3.05, 3.63) is 37.4 Å². The highest BCUT2D eigenvalue weighted by Crippen LogP contribution is 2.43. The lowest BCUT2D eigenvalue weighted by atomic mass is 10.1. The second-order valence-corrected chi connectivity index (χ2v) is 7.26. The van der Waals surface area contributed by atoms with Crippen LogP contribution in [0.5, 0.6) is 0 Å². The lowest BCUT2D eigenvalue weighted by Gasteiger charge is -2.25. The number of hydrogen-bond donors (Lipinski definition) is 3. The fourth-order valence-electron chi connectivity index (χ4n) is 2.19. The van der Waals surface area contributed by atoms with Crippen LogP contribution in [0.2, 0.25) is 5.02 Å². The van der Waals surface area contributed by atoms with Crippen LogP contribution in [0.3, 0.4) is 0 Å². The maximum atomic E-state index is 13.2. The van der Waals surface area contributed by atoms with Crippen LogP contribution in [-0.2, 0) is 16.2 Å². The number of hydrogen-bond acceptors (Lipinski definition) is 5. The van der Waals surface area contributed by atoms with Crippen molar-refractivity contribution in [2.24, 2.45) is 0 Å². The molecule has 0 spiro atoms. The van der Waals surface area contributed by atoms with Gasteiger partial charge in [-0.3, -0.25) is 13.9 Å². The molecule has 0 bridgehead atoms. The van der Waals surface area contributed by atoms with Crippen LogP contribution in [0, 0.1) is 0 Å². The number of halogens is 4. The Bertz CT molecular complexity index is 1040. The molecule has 0 fully saturated rings. The van der Waals surface area contributed by atoms with Crippen LogP contribution in [-0.4, -0.2) is 42.9 Å². The summed E-state index contributed by atoms with van der Waals surface area (Å²) in [4.78, 5) is 26.9. The van der Waals surface area contributed by atoms with E-state index in [2.05, 4.69) is 0 Å². The number of benzene rings is 1. The van der Waals surface area contributed by atoms with E-state index in [1.807, 2.05) is 9.97 Å². The highest BCUT2D eigenvalue weighted by atomic mass is 35.5. The van der Waals surface area contributed by atoms with Gasteiger partial charge in [-0.05, 0) is 6.07 Å². The minimum absolute atomic E-state index is 0.415. The molecule has 2 aromatic rings. The fraction of sp³-hybridized carbons (Fsp3) is 0.333. The van der Waals surface area contributed by atoms with Crippen LogP contribution in [0.4, 0.5) is 18.9 Å². The van der Waals surface area contributed by atoms with Gasteiger partial charge in [-0.2, -0.15) is 13.2 Å². The number of alkyl halides is 3. The molecule has 2 rings (SSSR count). The van der Waals surface area contributed by atoms with Crippen LogP contribution in [0.1, 0.15) is 5.56 Å². The number of sulfonamides is 1. The Kier molecular flexibility index (Phi) is 4.90. The van der Waals surface area contributed by atoms with Crippen molar-refractivity contribution in [2.45, 2.75) is 6.18 Å². The topological polar surface area (TPSA) is 123 Å². The summed E-state index contributed by atoms with van der Waals surface area (Å²) in [6, 6.07) is 0.484. The molecule has 1 heterocycles. The standard InChI is InChI=1S/C12H11ClF3N3O5S/c1-25(23,24)19(2-3-20)9-7(13)5(12(14,15)16)4-6-8(9)18-11(22)10(21)17-6/h4,20H,2-3H2,1H3,(H,17,21)(H,18,22). The summed E-state index contributed by atoms with van der Waals surface area (Å²) >= 11 is 5.78. The van der Waals surface area contributed by atoms with Gasteiger partial charge in [0.25, 0.3) is 0 Å². The molecule has 0 radical (unpaired) electrons. The smallest absolute Gasteiger partial charge is 0.394 e. The Labute approximate surface area is 142 Å². The van der Waals surface area contributed by atoms with Crippen molar-refractivity contribution in [1.29, 1.82) is 0 Å². The Balaban J connectivity index is 3.07. The molecule has 3 N–H and O–H groups in total. The van der Waals surface area contributed by atoms with Gasteiger partial charge in [0.15, 0.2) is 0 Å². The zero-order valence-electron chi connectivity index (χ0n) is 12.4. The van der Waals surface area contributed by atoms with Gasteiger partial charge in [0, 0.05) is 0 Å². The number of anilines is 1. The molecule has 0 saturated heterocycles. The van der Waals surface area contributed by atoms with Gasteiger partial charge in [-0.1, -0.05) is 11.6 Å². The van der Waals surface area contributed by atoms with E-state index in [4.69, 9.17) is 16.7 Å². The molecule has 1 aromatic carbocycles. The normalized spacial score (nSPS) is 12.6. The van der Waals surface area contributed by atoms with Crippen molar-refractivity contribution < 1.29 is 26.7 Å². The second kappa shape index (κ2) is 6.35. The molecular formula is C12H11ClF3N3O5S. The van der Waals surface area contributed by atoms with Crippen molar-refractivity contribution in [2.75, 3.05) is 23.7 Å². The molecule has 0 amide bonds. The summed E-state index contributed by atoms with van der Waals surface area (Å²) in [6.07, 6.45) is -4.27. The van der Waals surface area contributed by atoms with Crippen molar-refractivity contribution >= 4 is 38.3 Å². The third-order valence-electron chi connectivity index (χ3n) is 3.19. The van der Waals surface area contributed by atoms with Crippen molar-refractivity contribution in [3.8, 4) is 0 Å². The third kappa shape index (κ3) is 3.65. The molecule has 0 aliphatic carbocycles. The summed E-state index contributed by atoms with van der Waals surface area (Å²) in [5.74, 6) is 0. The van der Waals surface area contributed by atoms with Crippen LogP contribution in [0.15, 0.2) is 15.7 Å². The Hall–Kier alpha value is -2.05. The monoisotopic (exact) mass is 401 g/mol. The maximum Gasteiger partial charge on any atom is 0.418 e. The minimum Gasteiger partial charge on any atom is -0.394 e. The first-order valence-corrected chi connectivity index (χ1v) is 8.75. The van der Waals surface area contributed by atoms with E-state index in [1.54, 1.807) is 0 Å². The third-order valence-corrected chi connectivity index (χ3v) is 4.74. The largest absolute Gasteiger partial charge is 0.418 e. The molecule has 0 aliphatic rings. The SMILES string of the molecule is CS(=O)(=O)N(CCO)c1c(Cl)c(C(F)(F)F)cc2[nH]c(=O)c(=O)[nH]c12. The van der Waals surface area contributed by atoms with E-state index in [0.717, 1.165) is 0 Å². The summed E-state index contributed by atoms with van der Waals surface area (Å²) in [6.45, 7) is -1.34. The number of aromatic amines is 2. The molecule has 1 aromatic heterocycles. The summed E-state index contributed by atoms with van der Waals surface area (Å²) in [7, 11) is -4.17. The van der Waals surface area contributed by atoms with E-state index in [9.17, 15) is 31.2 Å². The lowest BCUT2D eigenvalue weighted by molar-refractivity contribution is -0.137. The van der Waals surface area contributed by atoms with E-state index in [0.29, 0.717) is 16.6 Å². The Morgan fingerprint density at radius 2 is 1.80 bits per heavy atom. The Morgan fingerprint density at radius 1 is 1.24 bits per heavy atom. The molecule has 138 valence electrons. The predicted molar refractivity (Wildman–Crippen MR) is 84.5 cm³/mol. The molecular weight excluding hydrogens is 391 g/mol. The first kappa shape index (κ1) is 19.3. The minimum atomic E-state index is -4.96. The zero-order valence-corrected chi connectivity index (χ0v) is 14.0. The first-order valence-electron chi connectivity index (χ1n) is 6.52. The number of fused-ring (bicyclic) bond motifs is 1. The van der Waals surface area contributed by atoms with Gasteiger partial charge in [0.2, 0.25) is 10.0 Å². The highest BCUT2D eigenvalue weighted by molar-refractivity contribution is 7.92. The van der Waals surface area contributed by atoms with E-state index >= 15 is 0 Å². The zero-order chi connectivity index (χ0) is 19.2. The van der Waals surface area contributed by atoms with E-state index in [-0.39, 0.29) is 0 Å². The molecule has 13 heteroatoms. The molecule has 0 unspecified atom stereocenters. The quantitative estimate of drug-likeness (QED) is 0.649. The fourth-order valence-corrected chi connectivity index (χ4v) is 3.53. The first-order chi connectivity index (χ1) is 11.4. The van der Waals surface area contributed by atoms with Gasteiger partial charge in [-0.15, -0.1) is 0 Å². The van der Waals surface area contributed by atoms with Gasteiger partial charge in [0.1, 0.15) is 0 Å². The predicted octanol–water partition coefficient (Wildman–Crippen LogP) is 0.647. The number of nitrogens with zero attached hydrogens (tertiary/aromatic N) is 1. The highest BCUT2D eigenvalue weighted by Gasteiger charge is 2.37.